The predicted molar refractivity (Wildman–Crippen MR) is 80.4 cm³/mol. The molecule has 8 heteroatoms. The monoisotopic (exact) mass is 307 g/mol. The summed E-state index contributed by atoms with van der Waals surface area (Å²) in [5.74, 6) is 1.56. The number of amides is 1. The summed E-state index contributed by atoms with van der Waals surface area (Å²) in [6.07, 6.45) is 1.23. The first-order chi connectivity index (χ1) is 10.2. The van der Waals surface area contributed by atoms with Crippen LogP contribution in [0.5, 0.6) is 5.75 Å². The lowest BCUT2D eigenvalue weighted by atomic mass is 10.2. The molecular weight excluding hydrogens is 290 g/mol. The van der Waals surface area contributed by atoms with Gasteiger partial charge in [-0.2, -0.15) is 0 Å². The van der Waals surface area contributed by atoms with Crippen LogP contribution >= 0.6 is 11.8 Å². The quantitative estimate of drug-likeness (QED) is 0.619. The van der Waals surface area contributed by atoms with Gasteiger partial charge < -0.3 is 10.1 Å². The number of carbonyl (C=O) groups excluding carboxylic acids is 1. The summed E-state index contributed by atoms with van der Waals surface area (Å²) in [6, 6.07) is 7.26. The number of hydrogen-bond acceptors (Lipinski definition) is 6. The van der Waals surface area contributed by atoms with E-state index in [9.17, 15) is 4.79 Å². The number of nitrogens with zero attached hydrogens (tertiary/aromatic N) is 4. The second-order valence-electron chi connectivity index (χ2n) is 4.31. The zero-order chi connectivity index (χ0) is 15.1. The van der Waals surface area contributed by atoms with Crippen LogP contribution in [0.15, 0.2) is 29.4 Å². The highest BCUT2D eigenvalue weighted by Crippen LogP contribution is 2.17. The van der Waals surface area contributed by atoms with Crippen molar-refractivity contribution in [2.45, 2.75) is 18.0 Å². The van der Waals surface area contributed by atoms with E-state index in [4.69, 9.17) is 4.74 Å². The Morgan fingerprint density at radius 3 is 2.76 bits per heavy atom. The Labute approximate surface area is 127 Å². The standard InChI is InChI=1S/C13H17N5O2S/c1-18-13(15-16-17-18)21-9-3-4-12(19)14-10-5-7-11(20-2)8-6-10/h5-8H,3-4,9H2,1-2H3,(H,14,19). The van der Waals surface area contributed by atoms with Crippen molar-refractivity contribution in [1.29, 1.82) is 0 Å². The third-order valence-corrected chi connectivity index (χ3v) is 3.83. The van der Waals surface area contributed by atoms with Gasteiger partial charge in [-0.3, -0.25) is 4.79 Å². The zero-order valence-corrected chi connectivity index (χ0v) is 12.8. The molecule has 1 aromatic heterocycles. The van der Waals surface area contributed by atoms with Gasteiger partial charge in [0.25, 0.3) is 0 Å². The van der Waals surface area contributed by atoms with Crippen molar-refractivity contribution >= 4 is 23.4 Å². The molecule has 1 heterocycles. The molecule has 21 heavy (non-hydrogen) atoms. The molecule has 0 aliphatic rings. The first-order valence-corrected chi connectivity index (χ1v) is 7.46. The van der Waals surface area contributed by atoms with E-state index < -0.39 is 0 Å². The molecule has 0 saturated carbocycles. The van der Waals surface area contributed by atoms with E-state index in [-0.39, 0.29) is 5.91 Å². The lowest BCUT2D eigenvalue weighted by Crippen LogP contribution is -2.11. The summed E-state index contributed by atoms with van der Waals surface area (Å²) in [7, 11) is 3.40. The first kappa shape index (κ1) is 15.3. The number of anilines is 1. The van der Waals surface area contributed by atoms with Crippen molar-refractivity contribution in [3.8, 4) is 5.75 Å². The molecule has 7 nitrogen and oxygen atoms in total. The fraction of sp³-hybridized carbons (Fsp3) is 0.385. The predicted octanol–water partition coefficient (Wildman–Crippen LogP) is 1.73. The minimum absolute atomic E-state index is 0.00291. The van der Waals surface area contributed by atoms with Crippen LogP contribution in [0.4, 0.5) is 5.69 Å². The Kier molecular flexibility index (Phi) is 5.56. The third kappa shape index (κ3) is 4.75. The van der Waals surface area contributed by atoms with Crippen LogP contribution in [0, 0.1) is 0 Å². The van der Waals surface area contributed by atoms with Gasteiger partial charge in [0, 0.05) is 24.9 Å². The number of tetrazole rings is 1. The zero-order valence-electron chi connectivity index (χ0n) is 11.9. The van der Waals surface area contributed by atoms with Gasteiger partial charge in [-0.25, -0.2) is 4.68 Å². The Hall–Kier alpha value is -2.09. The average Bonchev–Trinajstić information content (AvgIpc) is 2.90. The third-order valence-electron chi connectivity index (χ3n) is 2.73. The maximum Gasteiger partial charge on any atom is 0.224 e. The van der Waals surface area contributed by atoms with Crippen molar-refractivity contribution in [3.63, 3.8) is 0 Å². The van der Waals surface area contributed by atoms with Crippen LogP contribution in [-0.4, -0.2) is 39.0 Å². The second-order valence-corrected chi connectivity index (χ2v) is 5.38. The van der Waals surface area contributed by atoms with Crippen molar-refractivity contribution in [1.82, 2.24) is 20.2 Å². The van der Waals surface area contributed by atoms with Gasteiger partial charge in [0.2, 0.25) is 11.1 Å². The summed E-state index contributed by atoms with van der Waals surface area (Å²) in [6.45, 7) is 0. The second kappa shape index (κ2) is 7.63. The van der Waals surface area contributed by atoms with Gasteiger partial charge in [-0.15, -0.1) is 5.10 Å². The molecule has 1 N–H and O–H groups in total. The average molecular weight is 307 g/mol. The fourth-order valence-electron chi connectivity index (χ4n) is 1.64. The normalized spacial score (nSPS) is 10.4. The molecule has 0 saturated heterocycles. The Morgan fingerprint density at radius 2 is 2.14 bits per heavy atom. The van der Waals surface area contributed by atoms with E-state index in [0.29, 0.717) is 6.42 Å². The number of nitrogens with one attached hydrogen (secondary N) is 1. The van der Waals surface area contributed by atoms with Gasteiger partial charge in [0.1, 0.15) is 5.75 Å². The molecule has 0 spiro atoms. The van der Waals surface area contributed by atoms with Crippen molar-refractivity contribution < 1.29 is 9.53 Å². The van der Waals surface area contributed by atoms with Crippen LogP contribution in [-0.2, 0) is 11.8 Å². The van der Waals surface area contributed by atoms with Crippen LogP contribution in [0.3, 0.4) is 0 Å². The van der Waals surface area contributed by atoms with Crippen molar-refractivity contribution in [3.05, 3.63) is 24.3 Å². The fourth-order valence-corrected chi connectivity index (χ4v) is 2.43. The molecule has 2 rings (SSSR count). The van der Waals surface area contributed by atoms with E-state index in [1.807, 2.05) is 24.3 Å². The van der Waals surface area contributed by atoms with Gasteiger partial charge in [0.15, 0.2) is 0 Å². The van der Waals surface area contributed by atoms with E-state index in [2.05, 4.69) is 20.8 Å². The largest absolute Gasteiger partial charge is 0.497 e. The highest BCUT2D eigenvalue weighted by atomic mass is 32.2. The number of thioether (sulfide) groups is 1. The van der Waals surface area contributed by atoms with Gasteiger partial charge in [-0.05, 0) is 41.1 Å². The summed E-state index contributed by atoms with van der Waals surface area (Å²) in [5.41, 5.74) is 0.769. The number of ether oxygens (including phenoxy) is 1. The van der Waals surface area contributed by atoms with Crippen molar-refractivity contribution in [2.24, 2.45) is 7.05 Å². The number of aromatic nitrogens is 4. The number of aryl methyl sites for hydroxylation is 1. The molecule has 2 aromatic rings. The first-order valence-electron chi connectivity index (χ1n) is 6.48. The lowest BCUT2D eigenvalue weighted by molar-refractivity contribution is -0.116. The molecular formula is C13H17N5O2S. The molecule has 0 unspecified atom stereocenters. The van der Waals surface area contributed by atoms with E-state index in [0.717, 1.165) is 28.8 Å². The minimum atomic E-state index is -0.00291. The van der Waals surface area contributed by atoms with Crippen molar-refractivity contribution in [2.75, 3.05) is 18.2 Å². The van der Waals surface area contributed by atoms with Gasteiger partial charge in [0.05, 0.1) is 7.11 Å². The van der Waals surface area contributed by atoms with E-state index in [1.54, 1.807) is 18.8 Å². The molecule has 0 radical (unpaired) electrons. The summed E-state index contributed by atoms with van der Waals surface area (Å²) in [5, 5.41) is 14.8. The highest BCUT2D eigenvalue weighted by molar-refractivity contribution is 7.99. The van der Waals surface area contributed by atoms with E-state index in [1.165, 1.54) is 11.8 Å². The Morgan fingerprint density at radius 1 is 1.38 bits per heavy atom. The van der Waals surface area contributed by atoms with E-state index >= 15 is 0 Å². The molecule has 112 valence electrons. The SMILES string of the molecule is COc1ccc(NC(=O)CCCSc2nnnn2C)cc1. The van der Waals surface area contributed by atoms with Crippen LogP contribution in [0.2, 0.25) is 0 Å². The Balaban J connectivity index is 1.68. The topological polar surface area (TPSA) is 81.9 Å². The van der Waals surface area contributed by atoms with Gasteiger partial charge in [-0.1, -0.05) is 11.8 Å². The molecule has 0 aliphatic heterocycles. The molecule has 0 atom stereocenters. The van der Waals surface area contributed by atoms with Gasteiger partial charge >= 0.3 is 0 Å². The lowest BCUT2D eigenvalue weighted by Gasteiger charge is -2.06. The summed E-state index contributed by atoms with van der Waals surface area (Å²) in [4.78, 5) is 11.8. The molecule has 0 fully saturated rings. The molecule has 0 bridgehead atoms. The minimum Gasteiger partial charge on any atom is -0.497 e. The maximum atomic E-state index is 11.8. The highest BCUT2D eigenvalue weighted by Gasteiger charge is 2.05. The van der Waals surface area contributed by atoms with Crippen LogP contribution < -0.4 is 10.1 Å². The Bertz CT molecular complexity index is 585. The number of rotatable bonds is 7. The van der Waals surface area contributed by atoms with Crippen LogP contribution in [0.1, 0.15) is 12.8 Å². The summed E-state index contributed by atoms with van der Waals surface area (Å²) < 4.78 is 6.68. The molecule has 1 aromatic carbocycles. The van der Waals surface area contributed by atoms with Crippen LogP contribution in [0.25, 0.3) is 0 Å². The molecule has 1 amide bonds. The summed E-state index contributed by atoms with van der Waals surface area (Å²) >= 11 is 1.54. The smallest absolute Gasteiger partial charge is 0.224 e. The maximum absolute atomic E-state index is 11.8. The number of methoxy groups -OCH3 is 1. The number of carbonyl (C=O) groups is 1. The number of hydrogen-bond donors (Lipinski definition) is 1. The molecule has 0 aliphatic carbocycles. The number of benzene rings is 1.